The molecule has 0 fully saturated rings. The number of carbonyl (C=O) groups is 2. The lowest BCUT2D eigenvalue weighted by atomic mass is 9.75. The normalized spacial score (nSPS) is 19.4. The summed E-state index contributed by atoms with van der Waals surface area (Å²) in [6.07, 6.45) is 1.66. The molecule has 0 spiro atoms. The molecule has 0 bridgehead atoms. The van der Waals surface area contributed by atoms with Crippen LogP contribution in [0.15, 0.2) is 82.6 Å². The highest BCUT2D eigenvalue weighted by Gasteiger charge is 2.47. The highest BCUT2D eigenvalue weighted by atomic mass is 16.6. The Morgan fingerprint density at radius 1 is 1.08 bits per heavy atom. The fraction of sp³-hybridized carbons (Fsp3) is 0.207. The van der Waals surface area contributed by atoms with Crippen molar-refractivity contribution < 1.29 is 24.0 Å². The summed E-state index contributed by atoms with van der Waals surface area (Å²) >= 11 is 0. The number of nitrogens with one attached hydrogen (secondary N) is 2. The second-order valence-electron chi connectivity index (χ2n) is 9.13. The molecule has 1 aromatic heterocycles. The lowest BCUT2D eigenvalue weighted by molar-refractivity contribution is -0.384. The Bertz CT molecular complexity index is 1550. The lowest BCUT2D eigenvalue weighted by Gasteiger charge is -2.32. The Balaban J connectivity index is 1.48. The van der Waals surface area contributed by atoms with Crippen molar-refractivity contribution in [3.8, 4) is 17.0 Å². The average molecular weight is 527 g/mol. The van der Waals surface area contributed by atoms with E-state index in [2.05, 4.69) is 15.3 Å². The van der Waals surface area contributed by atoms with Crippen molar-refractivity contribution in [1.82, 2.24) is 10.3 Å². The molecule has 10 heteroatoms. The van der Waals surface area contributed by atoms with E-state index in [0.717, 1.165) is 16.8 Å². The van der Waals surface area contributed by atoms with Gasteiger partial charge in [-0.05, 0) is 67.4 Å². The van der Waals surface area contributed by atoms with Crippen LogP contribution in [0.3, 0.4) is 0 Å². The van der Waals surface area contributed by atoms with E-state index < -0.39 is 22.7 Å². The molecule has 5 rings (SSSR count). The SMILES string of the molecule is CCOC(=O)C1=C(C)NC2=NC(=Cc3ccc(-c4ccc([N+](=O)[O-])cc4)[nH]3)C(=O)C2C1c1ccc(OC)cc1. The van der Waals surface area contributed by atoms with Gasteiger partial charge in [0.2, 0.25) is 0 Å². The number of hydrogen-bond acceptors (Lipinski definition) is 8. The van der Waals surface area contributed by atoms with Gasteiger partial charge in [-0.3, -0.25) is 14.9 Å². The maximum atomic E-state index is 13.8. The summed E-state index contributed by atoms with van der Waals surface area (Å²) in [5.41, 5.74) is 4.15. The van der Waals surface area contributed by atoms with E-state index in [-0.39, 0.29) is 23.8 Å². The first-order chi connectivity index (χ1) is 18.8. The summed E-state index contributed by atoms with van der Waals surface area (Å²) in [6.45, 7) is 3.72. The van der Waals surface area contributed by atoms with Crippen molar-refractivity contribution >= 4 is 29.4 Å². The van der Waals surface area contributed by atoms with Crippen LogP contribution in [0.25, 0.3) is 17.3 Å². The van der Waals surface area contributed by atoms with Gasteiger partial charge in [-0.25, -0.2) is 9.79 Å². The van der Waals surface area contributed by atoms with Gasteiger partial charge in [0.15, 0.2) is 5.78 Å². The van der Waals surface area contributed by atoms with Gasteiger partial charge in [-0.1, -0.05) is 12.1 Å². The van der Waals surface area contributed by atoms with Gasteiger partial charge in [0.05, 0.1) is 30.1 Å². The van der Waals surface area contributed by atoms with Gasteiger partial charge in [0, 0.05) is 35.1 Å². The van der Waals surface area contributed by atoms with E-state index in [1.165, 1.54) is 12.1 Å². The number of carbonyl (C=O) groups excluding carboxylic acids is 2. The molecule has 2 aromatic carbocycles. The number of aromatic nitrogens is 1. The Morgan fingerprint density at radius 3 is 2.44 bits per heavy atom. The number of rotatable bonds is 7. The molecule has 2 aliphatic heterocycles. The number of esters is 1. The van der Waals surface area contributed by atoms with Crippen molar-refractivity contribution in [3.05, 3.63) is 99.0 Å². The molecule has 2 aliphatic rings. The molecule has 0 saturated heterocycles. The number of non-ortho nitro benzene ring substituents is 1. The maximum absolute atomic E-state index is 13.8. The van der Waals surface area contributed by atoms with Crippen molar-refractivity contribution in [2.75, 3.05) is 13.7 Å². The summed E-state index contributed by atoms with van der Waals surface area (Å²) in [5.74, 6) is -0.887. The molecule has 2 unspecified atom stereocenters. The Hall–Kier alpha value is -4.99. The van der Waals surface area contributed by atoms with Gasteiger partial charge in [0.25, 0.3) is 5.69 Å². The summed E-state index contributed by atoms with van der Waals surface area (Å²) in [7, 11) is 1.57. The summed E-state index contributed by atoms with van der Waals surface area (Å²) < 4.78 is 10.6. The number of nitro groups is 1. The minimum Gasteiger partial charge on any atom is -0.497 e. The number of aromatic amines is 1. The van der Waals surface area contributed by atoms with Crippen LogP contribution in [-0.4, -0.2) is 41.2 Å². The minimum atomic E-state index is -0.725. The topological polar surface area (TPSA) is 136 Å². The van der Waals surface area contributed by atoms with Crippen LogP contribution >= 0.6 is 0 Å². The van der Waals surface area contributed by atoms with Crippen LogP contribution in [0.4, 0.5) is 5.69 Å². The standard InChI is InChI=1S/C29H26N4O6/c1-4-39-29(35)24-16(2)30-28-26(25(24)18-7-12-21(38-3)13-8-18)27(34)23(32-28)15-19-9-14-22(31-19)17-5-10-20(11-6-17)33(36)37/h5-15,25-26,31H,4H2,1-3H3,(H,30,32). The van der Waals surface area contributed by atoms with Crippen LogP contribution in [0.2, 0.25) is 0 Å². The number of allylic oxidation sites excluding steroid dienone is 2. The number of methoxy groups -OCH3 is 1. The number of hydrogen-bond donors (Lipinski definition) is 2. The van der Waals surface area contributed by atoms with Crippen molar-refractivity contribution in [1.29, 1.82) is 0 Å². The minimum absolute atomic E-state index is 0.00707. The molecular formula is C29H26N4O6. The van der Waals surface area contributed by atoms with Crippen LogP contribution in [-0.2, 0) is 14.3 Å². The number of ether oxygens (including phenoxy) is 2. The van der Waals surface area contributed by atoms with Crippen LogP contribution in [0, 0.1) is 16.0 Å². The first kappa shape index (κ1) is 25.7. The monoisotopic (exact) mass is 526 g/mol. The second kappa shape index (κ2) is 10.4. The van der Waals surface area contributed by atoms with Gasteiger partial charge in [-0.2, -0.15) is 0 Å². The third kappa shape index (κ3) is 4.84. The molecule has 2 atom stereocenters. The number of nitrogens with zero attached hydrogens (tertiary/aromatic N) is 2. The van der Waals surface area contributed by atoms with Gasteiger partial charge < -0.3 is 19.8 Å². The number of Topliss-reactive ketones (excluding diaryl/α,β-unsaturated/α-hetero) is 1. The van der Waals surface area contributed by atoms with E-state index in [4.69, 9.17) is 9.47 Å². The number of H-pyrrole nitrogens is 1. The summed E-state index contributed by atoms with van der Waals surface area (Å²) in [4.78, 5) is 45.1. The second-order valence-corrected chi connectivity index (χ2v) is 9.13. The van der Waals surface area contributed by atoms with E-state index in [1.807, 2.05) is 18.2 Å². The molecular weight excluding hydrogens is 500 g/mol. The van der Waals surface area contributed by atoms with Gasteiger partial charge in [0.1, 0.15) is 17.3 Å². The molecule has 3 heterocycles. The maximum Gasteiger partial charge on any atom is 0.336 e. The zero-order chi connectivity index (χ0) is 27.7. The number of fused-ring (bicyclic) bond motifs is 1. The third-order valence-electron chi connectivity index (χ3n) is 6.79. The first-order valence-electron chi connectivity index (χ1n) is 12.4. The number of amidine groups is 1. The van der Waals surface area contributed by atoms with E-state index in [0.29, 0.717) is 28.5 Å². The Kier molecular flexibility index (Phi) is 6.84. The highest BCUT2D eigenvalue weighted by molar-refractivity contribution is 6.21. The molecule has 2 N–H and O–H groups in total. The molecule has 39 heavy (non-hydrogen) atoms. The summed E-state index contributed by atoms with van der Waals surface area (Å²) in [5, 5.41) is 14.1. The number of ketones is 1. The predicted molar refractivity (Wildman–Crippen MR) is 145 cm³/mol. The smallest absolute Gasteiger partial charge is 0.336 e. The Labute approximate surface area is 224 Å². The van der Waals surface area contributed by atoms with Gasteiger partial charge in [-0.15, -0.1) is 0 Å². The fourth-order valence-electron chi connectivity index (χ4n) is 4.95. The number of benzene rings is 2. The molecule has 3 aromatic rings. The van der Waals surface area contributed by atoms with E-state index in [9.17, 15) is 19.7 Å². The van der Waals surface area contributed by atoms with E-state index in [1.54, 1.807) is 57.4 Å². The van der Waals surface area contributed by atoms with Crippen molar-refractivity contribution in [3.63, 3.8) is 0 Å². The number of aliphatic imine (C=N–C) groups is 1. The van der Waals surface area contributed by atoms with Crippen LogP contribution < -0.4 is 10.1 Å². The molecule has 10 nitrogen and oxygen atoms in total. The number of nitro benzene ring substituents is 1. The lowest BCUT2D eigenvalue weighted by Crippen LogP contribution is -2.42. The quantitative estimate of drug-likeness (QED) is 0.196. The third-order valence-corrected chi connectivity index (χ3v) is 6.79. The van der Waals surface area contributed by atoms with E-state index >= 15 is 0 Å². The average Bonchev–Trinajstić information content (AvgIpc) is 3.52. The highest BCUT2D eigenvalue weighted by Crippen LogP contribution is 2.43. The first-order valence-corrected chi connectivity index (χ1v) is 12.4. The summed E-state index contributed by atoms with van der Waals surface area (Å²) in [6, 6.07) is 17.1. The largest absolute Gasteiger partial charge is 0.497 e. The zero-order valence-electron chi connectivity index (χ0n) is 21.6. The molecule has 0 saturated carbocycles. The Morgan fingerprint density at radius 2 is 1.79 bits per heavy atom. The van der Waals surface area contributed by atoms with Crippen molar-refractivity contribution in [2.45, 2.75) is 19.8 Å². The molecule has 198 valence electrons. The van der Waals surface area contributed by atoms with Crippen molar-refractivity contribution in [2.24, 2.45) is 10.9 Å². The zero-order valence-corrected chi connectivity index (χ0v) is 21.6. The molecule has 0 aliphatic carbocycles. The molecule has 0 amide bonds. The van der Waals surface area contributed by atoms with Gasteiger partial charge >= 0.3 is 5.97 Å². The van der Waals surface area contributed by atoms with Crippen LogP contribution in [0.5, 0.6) is 5.75 Å². The van der Waals surface area contributed by atoms with Crippen LogP contribution in [0.1, 0.15) is 31.0 Å². The predicted octanol–water partition coefficient (Wildman–Crippen LogP) is 4.76. The molecule has 0 radical (unpaired) electrons. The fourth-order valence-corrected chi connectivity index (χ4v) is 4.95.